The lowest BCUT2D eigenvalue weighted by Crippen LogP contribution is -2.59. The standard InChI is InChI=1S/C24H34NO2/c1-2-3-17-25(27-20-23-14-8-5-9-15-23)18-11-10-16-24(25)21-26-19-22-12-6-4-7-13-22/h4-9,12-15,24H,2-3,10-11,16-21H2,1H3/q+1. The molecule has 1 heterocycles. The Kier molecular flexibility index (Phi) is 7.88. The van der Waals surface area contributed by atoms with Crippen LogP contribution in [0, 0.1) is 0 Å². The van der Waals surface area contributed by atoms with Crippen LogP contribution in [0.25, 0.3) is 0 Å². The summed E-state index contributed by atoms with van der Waals surface area (Å²) >= 11 is 0. The molecule has 3 rings (SSSR count). The molecule has 0 amide bonds. The first-order chi connectivity index (χ1) is 13.3. The Morgan fingerprint density at radius 3 is 2.22 bits per heavy atom. The van der Waals surface area contributed by atoms with Crippen molar-refractivity contribution in [3.8, 4) is 0 Å². The van der Waals surface area contributed by atoms with Gasteiger partial charge in [0.25, 0.3) is 0 Å². The van der Waals surface area contributed by atoms with Crippen molar-refractivity contribution in [2.24, 2.45) is 0 Å². The minimum absolute atomic E-state index is 0.428. The molecule has 0 saturated carbocycles. The van der Waals surface area contributed by atoms with E-state index in [1.807, 2.05) is 0 Å². The molecule has 0 aromatic heterocycles. The largest absolute Gasteiger partial charge is 0.370 e. The maximum Gasteiger partial charge on any atom is 0.142 e. The van der Waals surface area contributed by atoms with E-state index in [-0.39, 0.29) is 0 Å². The Balaban J connectivity index is 1.63. The van der Waals surface area contributed by atoms with Gasteiger partial charge in [-0.25, -0.2) is 0 Å². The van der Waals surface area contributed by atoms with Gasteiger partial charge >= 0.3 is 0 Å². The molecular formula is C24H34NO2+. The SMILES string of the molecule is CCCC[N+]1(OCc2ccccc2)CCCCC1COCc1ccccc1. The summed E-state index contributed by atoms with van der Waals surface area (Å²) < 4.78 is 6.91. The highest BCUT2D eigenvalue weighted by Gasteiger charge is 2.41. The van der Waals surface area contributed by atoms with Gasteiger partial charge in [0.15, 0.2) is 0 Å². The Hall–Kier alpha value is -1.68. The first kappa shape index (κ1) is 20.1. The van der Waals surface area contributed by atoms with Crippen LogP contribution in [0.2, 0.25) is 0 Å². The molecule has 1 saturated heterocycles. The molecule has 1 fully saturated rings. The van der Waals surface area contributed by atoms with E-state index in [0.717, 1.165) is 24.3 Å². The molecule has 2 atom stereocenters. The summed E-state index contributed by atoms with van der Waals surface area (Å²) in [6.07, 6.45) is 6.11. The van der Waals surface area contributed by atoms with Crippen molar-refractivity contribution in [3.63, 3.8) is 0 Å². The molecule has 2 aromatic carbocycles. The number of unbranched alkanes of at least 4 members (excludes halogenated alkanes) is 1. The minimum atomic E-state index is 0.428. The van der Waals surface area contributed by atoms with Gasteiger partial charge in [0.2, 0.25) is 0 Å². The molecule has 146 valence electrons. The summed E-state index contributed by atoms with van der Waals surface area (Å²) in [6.45, 7) is 6.59. The van der Waals surface area contributed by atoms with Gasteiger partial charge in [-0.05, 0) is 30.4 Å². The summed E-state index contributed by atoms with van der Waals surface area (Å²) in [6, 6.07) is 21.4. The van der Waals surface area contributed by atoms with Gasteiger partial charge in [0.1, 0.15) is 32.3 Å². The van der Waals surface area contributed by atoms with Crippen LogP contribution in [0.1, 0.15) is 50.2 Å². The highest BCUT2D eigenvalue weighted by molar-refractivity contribution is 5.14. The molecular weight excluding hydrogens is 334 g/mol. The number of rotatable bonds is 10. The predicted octanol–water partition coefficient (Wildman–Crippen LogP) is 5.50. The minimum Gasteiger partial charge on any atom is -0.370 e. The lowest BCUT2D eigenvalue weighted by atomic mass is 10.0. The molecule has 3 heteroatoms. The number of hydroxylamine groups is 3. The average Bonchev–Trinajstić information content (AvgIpc) is 2.73. The van der Waals surface area contributed by atoms with Gasteiger partial charge in [0.05, 0.1) is 6.61 Å². The van der Waals surface area contributed by atoms with E-state index in [2.05, 4.69) is 67.6 Å². The summed E-state index contributed by atoms with van der Waals surface area (Å²) in [4.78, 5) is 6.63. The Bertz CT molecular complexity index is 646. The van der Waals surface area contributed by atoms with E-state index in [1.165, 1.54) is 43.2 Å². The van der Waals surface area contributed by atoms with Crippen molar-refractivity contribution < 1.29 is 14.2 Å². The number of ether oxygens (including phenoxy) is 1. The van der Waals surface area contributed by atoms with E-state index in [0.29, 0.717) is 19.3 Å². The van der Waals surface area contributed by atoms with Crippen LogP contribution < -0.4 is 0 Å². The van der Waals surface area contributed by atoms with Gasteiger partial charge in [-0.2, -0.15) is 9.48 Å². The van der Waals surface area contributed by atoms with Crippen molar-refractivity contribution in [3.05, 3.63) is 71.8 Å². The summed E-state index contributed by atoms with van der Waals surface area (Å²) in [7, 11) is 0. The molecule has 2 aromatic rings. The number of benzene rings is 2. The second kappa shape index (κ2) is 10.6. The lowest BCUT2D eigenvalue weighted by molar-refractivity contribution is -1.13. The fraction of sp³-hybridized carbons (Fsp3) is 0.500. The van der Waals surface area contributed by atoms with Gasteiger partial charge in [-0.15, -0.1) is 0 Å². The van der Waals surface area contributed by atoms with Crippen molar-refractivity contribution in [1.82, 2.24) is 0 Å². The first-order valence-corrected chi connectivity index (χ1v) is 10.5. The van der Waals surface area contributed by atoms with Crippen LogP contribution in [0.3, 0.4) is 0 Å². The van der Waals surface area contributed by atoms with E-state index in [1.54, 1.807) is 0 Å². The molecule has 0 N–H and O–H groups in total. The number of hydrogen-bond donors (Lipinski definition) is 0. The quantitative estimate of drug-likeness (QED) is 0.515. The Morgan fingerprint density at radius 2 is 1.56 bits per heavy atom. The highest BCUT2D eigenvalue weighted by atomic mass is 16.7. The third-order valence-corrected chi connectivity index (χ3v) is 5.63. The third kappa shape index (κ3) is 5.90. The van der Waals surface area contributed by atoms with Crippen molar-refractivity contribution in [1.29, 1.82) is 0 Å². The van der Waals surface area contributed by atoms with Gasteiger partial charge in [-0.3, -0.25) is 0 Å². The second-order valence-electron chi connectivity index (χ2n) is 7.66. The molecule has 3 nitrogen and oxygen atoms in total. The van der Waals surface area contributed by atoms with Crippen molar-refractivity contribution >= 4 is 0 Å². The van der Waals surface area contributed by atoms with Crippen molar-refractivity contribution in [2.45, 2.75) is 58.3 Å². The molecule has 0 radical (unpaired) electrons. The summed E-state index contributed by atoms with van der Waals surface area (Å²) in [5.41, 5.74) is 2.49. The van der Waals surface area contributed by atoms with E-state index < -0.39 is 0 Å². The normalized spacial score (nSPS) is 22.6. The monoisotopic (exact) mass is 368 g/mol. The molecule has 0 spiro atoms. The zero-order valence-electron chi connectivity index (χ0n) is 16.7. The van der Waals surface area contributed by atoms with Gasteiger partial charge in [0, 0.05) is 6.42 Å². The predicted molar refractivity (Wildman–Crippen MR) is 110 cm³/mol. The smallest absolute Gasteiger partial charge is 0.142 e. The molecule has 2 unspecified atom stereocenters. The maximum absolute atomic E-state index is 6.63. The third-order valence-electron chi connectivity index (χ3n) is 5.63. The number of hydrogen-bond acceptors (Lipinski definition) is 2. The highest BCUT2D eigenvalue weighted by Crippen LogP contribution is 2.29. The van der Waals surface area contributed by atoms with Crippen LogP contribution in [0.5, 0.6) is 0 Å². The van der Waals surface area contributed by atoms with E-state index in [9.17, 15) is 0 Å². The van der Waals surface area contributed by atoms with Crippen molar-refractivity contribution in [2.75, 3.05) is 19.7 Å². The van der Waals surface area contributed by atoms with Crippen LogP contribution >= 0.6 is 0 Å². The number of likely N-dealkylation sites (tertiary alicyclic amines) is 1. The number of piperidine rings is 1. The summed E-state index contributed by atoms with van der Waals surface area (Å²) in [5, 5.41) is 0. The van der Waals surface area contributed by atoms with Gasteiger partial charge < -0.3 is 4.74 Å². The van der Waals surface area contributed by atoms with E-state index in [4.69, 9.17) is 9.57 Å². The molecule has 1 aliphatic rings. The fourth-order valence-electron chi connectivity index (χ4n) is 4.02. The zero-order valence-corrected chi connectivity index (χ0v) is 16.7. The molecule has 1 aliphatic heterocycles. The number of quaternary nitrogens is 1. The first-order valence-electron chi connectivity index (χ1n) is 10.5. The topological polar surface area (TPSA) is 18.5 Å². The van der Waals surface area contributed by atoms with Crippen LogP contribution in [-0.2, 0) is 22.8 Å². The molecule has 0 aliphatic carbocycles. The zero-order chi connectivity index (χ0) is 18.8. The Labute approximate surface area is 164 Å². The second-order valence-corrected chi connectivity index (χ2v) is 7.66. The van der Waals surface area contributed by atoms with Gasteiger partial charge in [-0.1, -0.05) is 74.0 Å². The average molecular weight is 369 g/mol. The van der Waals surface area contributed by atoms with Crippen LogP contribution in [0.15, 0.2) is 60.7 Å². The maximum atomic E-state index is 6.63. The Morgan fingerprint density at radius 1 is 0.889 bits per heavy atom. The lowest BCUT2D eigenvalue weighted by Gasteiger charge is -2.44. The van der Waals surface area contributed by atoms with Crippen LogP contribution in [0.4, 0.5) is 0 Å². The summed E-state index contributed by atoms with van der Waals surface area (Å²) in [5.74, 6) is 0. The fourth-order valence-corrected chi connectivity index (χ4v) is 4.02. The molecule has 27 heavy (non-hydrogen) atoms. The van der Waals surface area contributed by atoms with E-state index >= 15 is 0 Å². The number of nitrogens with zero attached hydrogens (tertiary/aromatic N) is 1. The molecule has 0 bridgehead atoms. The van der Waals surface area contributed by atoms with Crippen LogP contribution in [-0.4, -0.2) is 30.4 Å².